The zero-order valence-corrected chi connectivity index (χ0v) is 14.5. The van der Waals surface area contributed by atoms with E-state index in [1.807, 2.05) is 17.0 Å². The highest BCUT2D eigenvalue weighted by molar-refractivity contribution is 7.16. The lowest BCUT2D eigenvalue weighted by Crippen LogP contribution is -2.33. The van der Waals surface area contributed by atoms with Crippen LogP contribution in [0.2, 0.25) is 9.36 Å². The van der Waals surface area contributed by atoms with Gasteiger partial charge in [-0.25, -0.2) is 4.39 Å². The van der Waals surface area contributed by atoms with Crippen molar-refractivity contribution >= 4 is 46.1 Å². The number of hydrogen-bond acceptors (Lipinski definition) is 3. The Labute approximate surface area is 148 Å². The molecule has 0 unspecified atom stereocenters. The molecule has 0 atom stereocenters. The summed E-state index contributed by atoms with van der Waals surface area (Å²) in [7, 11) is 0. The second-order valence-corrected chi connectivity index (χ2v) is 7.07. The molecule has 23 heavy (non-hydrogen) atoms. The van der Waals surface area contributed by atoms with Crippen LogP contribution in [0.3, 0.4) is 0 Å². The van der Waals surface area contributed by atoms with Gasteiger partial charge in [0.05, 0.1) is 16.6 Å². The Morgan fingerprint density at radius 1 is 1.35 bits per heavy atom. The van der Waals surface area contributed by atoms with Crippen molar-refractivity contribution in [3.63, 3.8) is 0 Å². The van der Waals surface area contributed by atoms with E-state index in [1.54, 1.807) is 6.08 Å². The molecule has 0 aliphatic heterocycles. The Kier molecular flexibility index (Phi) is 6.59. The van der Waals surface area contributed by atoms with E-state index in [0.29, 0.717) is 17.4 Å². The second-order valence-electron chi connectivity index (χ2n) is 4.84. The van der Waals surface area contributed by atoms with E-state index in [1.165, 1.54) is 23.5 Å². The third-order valence-corrected chi connectivity index (χ3v) is 4.42. The van der Waals surface area contributed by atoms with E-state index in [4.69, 9.17) is 23.2 Å². The average Bonchev–Trinajstić information content (AvgIpc) is 2.87. The maximum absolute atomic E-state index is 13.7. The number of thiophene rings is 1. The summed E-state index contributed by atoms with van der Waals surface area (Å²) in [5, 5.41) is 2.83. The summed E-state index contributed by atoms with van der Waals surface area (Å²) in [6.45, 7) is 4.91. The first-order chi connectivity index (χ1) is 11.0. The van der Waals surface area contributed by atoms with Crippen LogP contribution in [0, 0.1) is 5.82 Å². The van der Waals surface area contributed by atoms with Crippen LogP contribution in [-0.2, 0) is 11.3 Å². The molecule has 2 rings (SSSR count). The molecular formula is C16H15Cl2FN2OS. The summed E-state index contributed by atoms with van der Waals surface area (Å²) >= 11 is 13.1. The fraction of sp³-hybridized carbons (Fsp3) is 0.188. The maximum atomic E-state index is 13.7. The molecule has 0 radical (unpaired) electrons. The number of carbonyl (C=O) groups excluding carboxylic acids is 1. The molecule has 1 heterocycles. The number of benzene rings is 1. The van der Waals surface area contributed by atoms with Gasteiger partial charge in [0, 0.05) is 23.0 Å². The average molecular weight is 373 g/mol. The summed E-state index contributed by atoms with van der Waals surface area (Å²) in [6.07, 6.45) is 1.71. The molecule has 0 saturated heterocycles. The standard InChI is InChI=1S/C16H15Cl2FN2OS/c1-2-7-21(9-12-4-6-15(18)23-12)10-16(22)20-14-5-3-11(17)8-13(14)19/h2-6,8H,1,7,9-10H2,(H,20,22). The van der Waals surface area contributed by atoms with Gasteiger partial charge in [0.25, 0.3) is 0 Å². The fourth-order valence-corrected chi connectivity index (χ4v) is 3.30. The van der Waals surface area contributed by atoms with Gasteiger partial charge in [0.1, 0.15) is 5.82 Å². The van der Waals surface area contributed by atoms with Crippen LogP contribution < -0.4 is 5.32 Å². The third kappa shape index (κ3) is 5.62. The minimum absolute atomic E-state index is 0.108. The van der Waals surface area contributed by atoms with E-state index in [2.05, 4.69) is 11.9 Å². The lowest BCUT2D eigenvalue weighted by Gasteiger charge is -2.19. The van der Waals surface area contributed by atoms with Crippen LogP contribution in [0.1, 0.15) is 4.88 Å². The van der Waals surface area contributed by atoms with E-state index in [-0.39, 0.29) is 23.2 Å². The molecule has 0 saturated carbocycles. The monoisotopic (exact) mass is 372 g/mol. The quantitative estimate of drug-likeness (QED) is 0.706. The maximum Gasteiger partial charge on any atom is 0.238 e. The molecule has 122 valence electrons. The molecule has 1 N–H and O–H groups in total. The van der Waals surface area contributed by atoms with Gasteiger partial charge in [-0.05, 0) is 30.3 Å². The topological polar surface area (TPSA) is 32.3 Å². The number of nitrogens with one attached hydrogen (secondary N) is 1. The summed E-state index contributed by atoms with van der Waals surface area (Å²) < 4.78 is 14.4. The van der Waals surface area contributed by atoms with Crippen LogP contribution >= 0.6 is 34.5 Å². The van der Waals surface area contributed by atoms with Gasteiger partial charge in [-0.15, -0.1) is 17.9 Å². The van der Waals surface area contributed by atoms with Crippen molar-refractivity contribution in [1.29, 1.82) is 0 Å². The first kappa shape index (κ1) is 17.9. The summed E-state index contributed by atoms with van der Waals surface area (Å²) in [5.74, 6) is -0.873. The van der Waals surface area contributed by atoms with Crippen molar-refractivity contribution in [2.24, 2.45) is 0 Å². The van der Waals surface area contributed by atoms with Crippen molar-refractivity contribution in [1.82, 2.24) is 4.90 Å². The smallest absolute Gasteiger partial charge is 0.238 e. The van der Waals surface area contributed by atoms with Crippen LogP contribution in [-0.4, -0.2) is 23.9 Å². The molecule has 0 spiro atoms. The van der Waals surface area contributed by atoms with Gasteiger partial charge < -0.3 is 5.32 Å². The van der Waals surface area contributed by atoms with Crippen molar-refractivity contribution < 1.29 is 9.18 Å². The minimum Gasteiger partial charge on any atom is -0.322 e. The SMILES string of the molecule is C=CCN(CC(=O)Nc1ccc(Cl)cc1F)Cc1ccc(Cl)s1. The summed E-state index contributed by atoms with van der Waals surface area (Å²) in [4.78, 5) is 15.1. The van der Waals surface area contributed by atoms with Crippen molar-refractivity contribution in [3.8, 4) is 0 Å². The molecular weight excluding hydrogens is 358 g/mol. The highest BCUT2D eigenvalue weighted by Gasteiger charge is 2.13. The first-order valence-corrected chi connectivity index (χ1v) is 8.37. The van der Waals surface area contributed by atoms with Crippen LogP contribution in [0.15, 0.2) is 43.0 Å². The molecule has 0 aliphatic carbocycles. The number of rotatable bonds is 7. The molecule has 0 aliphatic rings. The minimum atomic E-state index is -0.564. The van der Waals surface area contributed by atoms with Gasteiger partial charge in [-0.3, -0.25) is 9.69 Å². The van der Waals surface area contributed by atoms with Gasteiger partial charge in [-0.1, -0.05) is 29.3 Å². The highest BCUT2D eigenvalue weighted by Crippen LogP contribution is 2.23. The van der Waals surface area contributed by atoms with Gasteiger partial charge in [0.15, 0.2) is 0 Å². The third-order valence-electron chi connectivity index (χ3n) is 2.97. The number of anilines is 1. The number of amides is 1. The van der Waals surface area contributed by atoms with Crippen LogP contribution in [0.5, 0.6) is 0 Å². The van der Waals surface area contributed by atoms with Gasteiger partial charge in [0.2, 0.25) is 5.91 Å². The van der Waals surface area contributed by atoms with Crippen LogP contribution in [0.25, 0.3) is 0 Å². The second kappa shape index (κ2) is 8.45. The predicted molar refractivity (Wildman–Crippen MR) is 94.8 cm³/mol. The van der Waals surface area contributed by atoms with Crippen molar-refractivity contribution in [2.75, 3.05) is 18.4 Å². The fourth-order valence-electron chi connectivity index (χ4n) is 2.01. The van der Waals surface area contributed by atoms with Crippen molar-refractivity contribution in [3.05, 3.63) is 63.0 Å². The first-order valence-electron chi connectivity index (χ1n) is 6.80. The number of hydrogen-bond donors (Lipinski definition) is 1. The molecule has 0 fully saturated rings. The van der Waals surface area contributed by atoms with Crippen LogP contribution in [0.4, 0.5) is 10.1 Å². The molecule has 3 nitrogen and oxygen atoms in total. The summed E-state index contributed by atoms with van der Waals surface area (Å²) in [6, 6.07) is 7.85. The largest absolute Gasteiger partial charge is 0.322 e. The molecule has 1 amide bonds. The Morgan fingerprint density at radius 2 is 2.13 bits per heavy atom. The lowest BCUT2D eigenvalue weighted by molar-refractivity contribution is -0.117. The number of carbonyl (C=O) groups is 1. The molecule has 0 bridgehead atoms. The zero-order chi connectivity index (χ0) is 16.8. The lowest BCUT2D eigenvalue weighted by atomic mass is 10.3. The molecule has 1 aromatic heterocycles. The van der Waals surface area contributed by atoms with Gasteiger partial charge in [-0.2, -0.15) is 0 Å². The molecule has 1 aromatic carbocycles. The highest BCUT2D eigenvalue weighted by atomic mass is 35.5. The normalized spacial score (nSPS) is 10.8. The van der Waals surface area contributed by atoms with E-state index >= 15 is 0 Å². The molecule has 7 heteroatoms. The zero-order valence-electron chi connectivity index (χ0n) is 12.2. The number of nitrogens with zero attached hydrogens (tertiary/aromatic N) is 1. The Bertz CT molecular complexity index is 705. The Hall–Kier alpha value is -1.40. The van der Waals surface area contributed by atoms with E-state index in [9.17, 15) is 9.18 Å². The summed E-state index contributed by atoms with van der Waals surface area (Å²) in [5.41, 5.74) is 0.108. The van der Waals surface area contributed by atoms with E-state index in [0.717, 1.165) is 10.9 Å². The van der Waals surface area contributed by atoms with E-state index < -0.39 is 5.82 Å². The Balaban J connectivity index is 1.98. The predicted octanol–water partition coefficient (Wildman–Crippen LogP) is 4.82. The van der Waals surface area contributed by atoms with Gasteiger partial charge >= 0.3 is 0 Å². The Morgan fingerprint density at radius 3 is 2.74 bits per heavy atom. The number of halogens is 3. The molecule has 2 aromatic rings. The van der Waals surface area contributed by atoms with Crippen molar-refractivity contribution in [2.45, 2.75) is 6.54 Å².